The summed E-state index contributed by atoms with van der Waals surface area (Å²) in [6.07, 6.45) is 2.40. The van der Waals surface area contributed by atoms with Crippen LogP contribution in [0.2, 0.25) is 0 Å². The Morgan fingerprint density at radius 1 is 1.44 bits per heavy atom. The lowest BCUT2D eigenvalue weighted by molar-refractivity contribution is -0.142. The van der Waals surface area contributed by atoms with Gasteiger partial charge in [-0.15, -0.1) is 0 Å². The summed E-state index contributed by atoms with van der Waals surface area (Å²) in [5, 5.41) is 18.2. The Bertz CT molecular complexity index is 493. The number of nitrogens with zero attached hydrogens (tertiary/aromatic N) is 2. The van der Waals surface area contributed by atoms with Gasteiger partial charge in [0.05, 0.1) is 11.6 Å². The van der Waals surface area contributed by atoms with Gasteiger partial charge in [0, 0.05) is 19.4 Å². The maximum Gasteiger partial charge on any atom is 0.356 e. The molecule has 98 valence electrons. The number of aromatic nitrogens is 2. The van der Waals surface area contributed by atoms with Gasteiger partial charge < -0.3 is 14.8 Å². The molecule has 1 aromatic heterocycles. The number of hydrogen-bond acceptors (Lipinski definition) is 3. The van der Waals surface area contributed by atoms with E-state index < -0.39 is 17.9 Å². The Balaban J connectivity index is 2.41. The number of hydrogen-bond donors (Lipinski definition) is 2. The van der Waals surface area contributed by atoms with E-state index in [1.807, 2.05) is 11.5 Å². The molecule has 1 aliphatic rings. The van der Waals surface area contributed by atoms with Gasteiger partial charge >= 0.3 is 11.9 Å². The first-order valence-electron chi connectivity index (χ1n) is 6.09. The molecular formula is C12H16N2O4. The Hall–Kier alpha value is -1.85. The monoisotopic (exact) mass is 252 g/mol. The van der Waals surface area contributed by atoms with Crippen LogP contribution < -0.4 is 0 Å². The molecular weight excluding hydrogens is 236 g/mol. The first kappa shape index (κ1) is 12.6. The third-order valence-electron chi connectivity index (χ3n) is 3.32. The molecule has 1 aromatic rings. The zero-order valence-electron chi connectivity index (χ0n) is 10.2. The molecule has 0 radical (unpaired) electrons. The fourth-order valence-electron chi connectivity index (χ4n) is 2.43. The molecule has 0 aromatic carbocycles. The van der Waals surface area contributed by atoms with Crippen LogP contribution in [0.1, 0.15) is 41.8 Å². The van der Waals surface area contributed by atoms with Gasteiger partial charge in [-0.05, 0) is 12.8 Å². The molecule has 2 N–H and O–H groups in total. The minimum atomic E-state index is -1.08. The zero-order chi connectivity index (χ0) is 13.3. The first-order valence-corrected chi connectivity index (χ1v) is 6.09. The van der Waals surface area contributed by atoms with Crippen LogP contribution >= 0.6 is 0 Å². The number of rotatable bonds is 4. The molecule has 6 heteroatoms. The largest absolute Gasteiger partial charge is 0.481 e. The van der Waals surface area contributed by atoms with Gasteiger partial charge in [0.2, 0.25) is 0 Å². The van der Waals surface area contributed by atoms with Crippen molar-refractivity contribution < 1.29 is 19.8 Å². The molecule has 0 spiro atoms. The molecule has 1 aliphatic heterocycles. The van der Waals surface area contributed by atoms with Crippen LogP contribution in [-0.2, 0) is 24.2 Å². The lowest BCUT2D eigenvalue weighted by Gasteiger charge is -2.22. The van der Waals surface area contributed by atoms with E-state index >= 15 is 0 Å². The second kappa shape index (κ2) is 4.80. The van der Waals surface area contributed by atoms with Gasteiger partial charge in [0.1, 0.15) is 5.82 Å². The molecule has 1 atom stereocenters. The highest BCUT2D eigenvalue weighted by Gasteiger charge is 2.31. The standard InChI is InChI=1S/C12H16N2O4/c1-2-3-9-13-10(12(17)18)8-6-7(11(15)16)4-5-14(8)9/h7H,2-6H2,1H3,(H,15,16)(H,17,18). The van der Waals surface area contributed by atoms with Crippen LogP contribution in [-0.4, -0.2) is 31.7 Å². The zero-order valence-corrected chi connectivity index (χ0v) is 10.2. The second-order valence-corrected chi connectivity index (χ2v) is 4.56. The van der Waals surface area contributed by atoms with E-state index in [0.717, 1.165) is 18.7 Å². The summed E-state index contributed by atoms with van der Waals surface area (Å²) >= 11 is 0. The van der Waals surface area contributed by atoms with Gasteiger partial charge in [-0.3, -0.25) is 4.79 Å². The molecule has 0 saturated carbocycles. The Morgan fingerprint density at radius 2 is 2.17 bits per heavy atom. The van der Waals surface area contributed by atoms with Gasteiger partial charge in [0.15, 0.2) is 5.69 Å². The van der Waals surface area contributed by atoms with E-state index in [4.69, 9.17) is 10.2 Å². The number of carbonyl (C=O) groups is 2. The first-order chi connectivity index (χ1) is 8.54. The highest BCUT2D eigenvalue weighted by Crippen LogP contribution is 2.25. The number of aryl methyl sites for hydroxylation is 1. The number of imidazole rings is 1. The number of carboxylic acids is 2. The molecule has 0 amide bonds. The van der Waals surface area contributed by atoms with E-state index in [-0.39, 0.29) is 12.1 Å². The van der Waals surface area contributed by atoms with Crippen LogP contribution in [0.3, 0.4) is 0 Å². The maximum atomic E-state index is 11.1. The summed E-state index contributed by atoms with van der Waals surface area (Å²) < 4.78 is 1.88. The van der Waals surface area contributed by atoms with Crippen LogP contribution in [0.5, 0.6) is 0 Å². The van der Waals surface area contributed by atoms with Gasteiger partial charge in [-0.25, -0.2) is 9.78 Å². The molecule has 2 heterocycles. The summed E-state index contributed by atoms with van der Waals surface area (Å²) in [6, 6.07) is 0. The second-order valence-electron chi connectivity index (χ2n) is 4.56. The molecule has 18 heavy (non-hydrogen) atoms. The van der Waals surface area contributed by atoms with Gasteiger partial charge in [-0.1, -0.05) is 6.92 Å². The van der Waals surface area contributed by atoms with Gasteiger partial charge in [0.25, 0.3) is 0 Å². The van der Waals surface area contributed by atoms with Gasteiger partial charge in [-0.2, -0.15) is 0 Å². The average molecular weight is 252 g/mol. The van der Waals surface area contributed by atoms with E-state index in [9.17, 15) is 9.59 Å². The number of fused-ring (bicyclic) bond motifs is 1. The highest BCUT2D eigenvalue weighted by atomic mass is 16.4. The minimum absolute atomic E-state index is 0.0180. The summed E-state index contributed by atoms with van der Waals surface area (Å²) in [6.45, 7) is 2.55. The Morgan fingerprint density at radius 3 is 2.72 bits per heavy atom. The third-order valence-corrected chi connectivity index (χ3v) is 3.32. The van der Waals surface area contributed by atoms with Crippen LogP contribution in [0.15, 0.2) is 0 Å². The molecule has 0 aliphatic carbocycles. The number of aliphatic carboxylic acids is 1. The number of aromatic carboxylic acids is 1. The minimum Gasteiger partial charge on any atom is -0.481 e. The third kappa shape index (κ3) is 2.10. The van der Waals surface area contributed by atoms with E-state index in [2.05, 4.69) is 4.98 Å². The molecule has 1 unspecified atom stereocenters. The van der Waals surface area contributed by atoms with Crippen molar-refractivity contribution in [3.63, 3.8) is 0 Å². The van der Waals surface area contributed by atoms with Crippen molar-refractivity contribution in [3.8, 4) is 0 Å². The van der Waals surface area contributed by atoms with E-state index in [0.29, 0.717) is 18.7 Å². The average Bonchev–Trinajstić information content (AvgIpc) is 2.68. The summed E-state index contributed by atoms with van der Waals surface area (Å²) in [7, 11) is 0. The molecule has 0 saturated heterocycles. The van der Waals surface area contributed by atoms with Crippen molar-refractivity contribution in [1.82, 2.24) is 9.55 Å². The molecule has 2 rings (SSSR count). The van der Waals surface area contributed by atoms with Crippen LogP contribution in [0.25, 0.3) is 0 Å². The quantitative estimate of drug-likeness (QED) is 0.839. The SMILES string of the molecule is CCCc1nc(C(=O)O)c2n1CCC(C(=O)O)C2. The Kier molecular flexibility index (Phi) is 3.36. The predicted molar refractivity (Wildman–Crippen MR) is 62.6 cm³/mol. The normalized spacial score (nSPS) is 18.4. The van der Waals surface area contributed by atoms with Crippen molar-refractivity contribution in [2.75, 3.05) is 0 Å². The maximum absolute atomic E-state index is 11.1. The summed E-state index contributed by atoms with van der Waals surface area (Å²) in [5.41, 5.74) is 0.578. The van der Waals surface area contributed by atoms with E-state index in [1.54, 1.807) is 0 Å². The highest BCUT2D eigenvalue weighted by molar-refractivity contribution is 5.87. The Labute approximate surface area is 104 Å². The lowest BCUT2D eigenvalue weighted by Crippen LogP contribution is -2.27. The molecule has 6 nitrogen and oxygen atoms in total. The summed E-state index contributed by atoms with van der Waals surface area (Å²) in [4.78, 5) is 26.3. The molecule has 0 bridgehead atoms. The van der Waals surface area contributed by atoms with Crippen LogP contribution in [0, 0.1) is 5.92 Å². The van der Waals surface area contributed by atoms with E-state index in [1.165, 1.54) is 0 Å². The number of carboxylic acid groups (broad SMARTS) is 2. The fraction of sp³-hybridized carbons (Fsp3) is 0.583. The fourth-order valence-corrected chi connectivity index (χ4v) is 2.43. The van der Waals surface area contributed by atoms with Crippen molar-refractivity contribution in [3.05, 3.63) is 17.2 Å². The summed E-state index contributed by atoms with van der Waals surface area (Å²) in [5.74, 6) is -1.68. The lowest BCUT2D eigenvalue weighted by atomic mass is 9.95. The van der Waals surface area contributed by atoms with Crippen molar-refractivity contribution in [2.45, 2.75) is 39.2 Å². The van der Waals surface area contributed by atoms with Crippen LogP contribution in [0.4, 0.5) is 0 Å². The smallest absolute Gasteiger partial charge is 0.356 e. The van der Waals surface area contributed by atoms with Crippen molar-refractivity contribution in [2.24, 2.45) is 5.92 Å². The topological polar surface area (TPSA) is 92.4 Å². The molecule has 0 fully saturated rings. The predicted octanol–water partition coefficient (Wildman–Crippen LogP) is 1.18. The van der Waals surface area contributed by atoms with Crippen molar-refractivity contribution in [1.29, 1.82) is 0 Å². The van der Waals surface area contributed by atoms with Crippen molar-refractivity contribution >= 4 is 11.9 Å².